The first kappa shape index (κ1) is 18.7. The van der Waals surface area contributed by atoms with Gasteiger partial charge >= 0.3 is 59.1 Å². The molecule has 0 spiro atoms. The van der Waals surface area contributed by atoms with Gasteiger partial charge in [-0.3, -0.25) is 0 Å². The number of hydrogen-bond acceptors (Lipinski definition) is 1. The van der Waals surface area contributed by atoms with Crippen LogP contribution in [0.15, 0.2) is 0 Å². The average molecular weight is 178 g/mol. The summed E-state index contributed by atoms with van der Waals surface area (Å²) in [5.74, 6) is 0. The Morgan fingerprint density at radius 3 is 1.45 bits per heavy atom. The van der Waals surface area contributed by atoms with Crippen LogP contribution in [0.5, 0.6) is 0 Å². The van der Waals surface area contributed by atoms with Gasteiger partial charge < -0.3 is 4.74 Å². The van der Waals surface area contributed by atoms with E-state index in [9.17, 15) is 0 Å². The van der Waals surface area contributed by atoms with Crippen molar-refractivity contribution in [3.8, 4) is 0 Å². The Kier molecular flexibility index (Phi) is 30.4. The zero-order chi connectivity index (χ0) is 6.95. The molecule has 0 radical (unpaired) electrons. The number of unbranched alkanes of at least 4 members (excludes halogenated alkanes) is 2. The summed E-state index contributed by atoms with van der Waals surface area (Å²) in [5.41, 5.74) is 0. The van der Waals surface area contributed by atoms with E-state index in [4.69, 9.17) is 4.74 Å². The van der Waals surface area contributed by atoms with Crippen LogP contribution in [0.25, 0.3) is 0 Å². The van der Waals surface area contributed by atoms with E-state index in [2.05, 4.69) is 13.8 Å². The molecule has 0 aromatic carbocycles. The first-order valence-electron chi connectivity index (χ1n) is 3.99. The maximum absolute atomic E-state index is 5.31. The van der Waals surface area contributed by atoms with Gasteiger partial charge in [0.05, 0.1) is 0 Å². The predicted molar refractivity (Wildman–Crippen MR) is 54.9 cm³/mol. The molecule has 0 aliphatic rings. The van der Waals surface area contributed by atoms with Gasteiger partial charge in [-0.25, -0.2) is 0 Å². The van der Waals surface area contributed by atoms with Gasteiger partial charge in [0, 0.05) is 13.2 Å². The van der Waals surface area contributed by atoms with Crippen molar-refractivity contribution in [3.63, 3.8) is 0 Å². The molecule has 0 aliphatic carbocycles. The Balaban J connectivity index is -0.000000320. The van der Waals surface area contributed by atoms with Crippen molar-refractivity contribution in [3.05, 3.63) is 0 Å². The third-order valence-corrected chi connectivity index (χ3v) is 1.28. The molecule has 0 N–H and O–H groups in total. The quantitative estimate of drug-likeness (QED) is 0.440. The normalized spacial score (nSPS) is 8.18. The standard InChI is InChI=1S/C8H18O.2Na.2H/c1-3-5-7-9-8-6-4-2;;;;/h3-8H2,1-2H3;;;;. The van der Waals surface area contributed by atoms with E-state index < -0.39 is 0 Å². The molecular weight excluding hydrogens is 158 g/mol. The van der Waals surface area contributed by atoms with Crippen LogP contribution >= 0.6 is 0 Å². The summed E-state index contributed by atoms with van der Waals surface area (Å²) in [4.78, 5) is 0. The molecule has 0 fully saturated rings. The Morgan fingerprint density at radius 2 is 1.18 bits per heavy atom. The van der Waals surface area contributed by atoms with E-state index in [0.29, 0.717) is 0 Å². The molecule has 0 atom stereocenters. The van der Waals surface area contributed by atoms with Crippen molar-refractivity contribution < 1.29 is 4.74 Å². The molecule has 0 amide bonds. The van der Waals surface area contributed by atoms with Crippen molar-refractivity contribution in [2.45, 2.75) is 39.5 Å². The topological polar surface area (TPSA) is 9.23 Å². The molecule has 60 valence electrons. The van der Waals surface area contributed by atoms with Gasteiger partial charge in [-0.1, -0.05) is 26.7 Å². The Hall–Kier alpha value is 1.96. The fourth-order valence-electron chi connectivity index (χ4n) is 0.595. The van der Waals surface area contributed by atoms with Gasteiger partial charge in [0.2, 0.25) is 0 Å². The fraction of sp³-hybridized carbons (Fsp3) is 1.00. The van der Waals surface area contributed by atoms with Crippen LogP contribution in [0.1, 0.15) is 39.5 Å². The first-order chi connectivity index (χ1) is 4.41. The van der Waals surface area contributed by atoms with E-state index >= 15 is 0 Å². The van der Waals surface area contributed by atoms with Crippen molar-refractivity contribution in [2.24, 2.45) is 0 Å². The summed E-state index contributed by atoms with van der Waals surface area (Å²) in [5, 5.41) is 0. The molecule has 3 heteroatoms. The zero-order valence-corrected chi connectivity index (χ0v) is 6.65. The molecular formula is C8H20Na2O. The molecule has 0 aromatic rings. The van der Waals surface area contributed by atoms with Gasteiger partial charge in [0.1, 0.15) is 0 Å². The molecule has 0 rings (SSSR count). The van der Waals surface area contributed by atoms with Crippen molar-refractivity contribution in [2.75, 3.05) is 13.2 Å². The number of rotatable bonds is 6. The van der Waals surface area contributed by atoms with E-state index in [1.54, 1.807) is 0 Å². The summed E-state index contributed by atoms with van der Waals surface area (Å²) in [7, 11) is 0. The Labute approximate surface area is 115 Å². The van der Waals surface area contributed by atoms with E-state index in [1.807, 2.05) is 0 Å². The molecule has 0 bridgehead atoms. The zero-order valence-electron chi connectivity index (χ0n) is 6.65. The minimum atomic E-state index is 0. The van der Waals surface area contributed by atoms with Crippen LogP contribution in [-0.2, 0) is 4.74 Å². The molecule has 1 nitrogen and oxygen atoms in total. The van der Waals surface area contributed by atoms with Crippen LogP contribution in [0.3, 0.4) is 0 Å². The van der Waals surface area contributed by atoms with Crippen LogP contribution in [0.4, 0.5) is 0 Å². The second kappa shape index (κ2) is 17.9. The minimum absolute atomic E-state index is 0. The average Bonchev–Trinajstić information content (AvgIpc) is 1.89. The summed E-state index contributed by atoms with van der Waals surface area (Å²) in [6.07, 6.45) is 4.91. The molecule has 0 aromatic heterocycles. The second-order valence-electron chi connectivity index (χ2n) is 2.32. The third-order valence-electron chi connectivity index (χ3n) is 1.28. The summed E-state index contributed by atoms with van der Waals surface area (Å²) >= 11 is 0. The third kappa shape index (κ3) is 18.7. The van der Waals surface area contributed by atoms with Gasteiger partial charge in [0.15, 0.2) is 0 Å². The van der Waals surface area contributed by atoms with Crippen molar-refractivity contribution >= 4 is 59.1 Å². The van der Waals surface area contributed by atoms with Crippen LogP contribution in [-0.4, -0.2) is 72.3 Å². The van der Waals surface area contributed by atoms with Crippen LogP contribution in [0, 0.1) is 0 Å². The van der Waals surface area contributed by atoms with Crippen LogP contribution in [0.2, 0.25) is 0 Å². The molecule has 0 saturated heterocycles. The van der Waals surface area contributed by atoms with E-state index in [0.717, 1.165) is 13.2 Å². The summed E-state index contributed by atoms with van der Waals surface area (Å²) < 4.78 is 5.31. The maximum atomic E-state index is 5.31. The molecule has 11 heavy (non-hydrogen) atoms. The van der Waals surface area contributed by atoms with Gasteiger partial charge in [0.25, 0.3) is 0 Å². The monoisotopic (exact) mass is 178 g/mol. The summed E-state index contributed by atoms with van der Waals surface area (Å²) in [6, 6.07) is 0. The van der Waals surface area contributed by atoms with Crippen molar-refractivity contribution in [1.82, 2.24) is 0 Å². The SMILES string of the molecule is CCCCOCCCC.[NaH].[NaH]. The first-order valence-corrected chi connectivity index (χ1v) is 3.99. The predicted octanol–water partition coefficient (Wildman–Crippen LogP) is 1.31. The number of hydrogen-bond donors (Lipinski definition) is 0. The fourth-order valence-corrected chi connectivity index (χ4v) is 0.595. The van der Waals surface area contributed by atoms with Crippen molar-refractivity contribution in [1.29, 1.82) is 0 Å². The Bertz CT molecular complexity index is 45.4. The second-order valence-corrected chi connectivity index (χ2v) is 2.32. The van der Waals surface area contributed by atoms with E-state index in [-0.39, 0.29) is 59.1 Å². The number of ether oxygens (including phenoxy) is 1. The van der Waals surface area contributed by atoms with E-state index in [1.165, 1.54) is 25.7 Å². The Morgan fingerprint density at radius 1 is 0.818 bits per heavy atom. The molecule has 0 saturated carbocycles. The van der Waals surface area contributed by atoms with Gasteiger partial charge in [-0.15, -0.1) is 0 Å². The van der Waals surface area contributed by atoms with Crippen LogP contribution < -0.4 is 0 Å². The van der Waals surface area contributed by atoms with Gasteiger partial charge in [-0.05, 0) is 12.8 Å². The molecule has 0 aliphatic heterocycles. The molecule has 0 unspecified atom stereocenters. The van der Waals surface area contributed by atoms with Gasteiger partial charge in [-0.2, -0.15) is 0 Å². The summed E-state index contributed by atoms with van der Waals surface area (Å²) in [6.45, 7) is 6.28. The molecule has 0 heterocycles.